The average molecular weight is 782 g/mol. The van der Waals surface area contributed by atoms with Gasteiger partial charge in [0.25, 0.3) is 0 Å². The highest BCUT2D eigenvalue weighted by Gasteiger charge is 2.36. The molecule has 2 aromatic rings. The molecule has 0 aromatic heterocycles. The molecule has 15 nitrogen and oxygen atoms in total. The molecule has 56 heavy (non-hydrogen) atoms. The molecule has 1 heterocycles. The first-order chi connectivity index (χ1) is 26.9. The molecule has 4 unspecified atom stereocenters. The molecule has 10 N–H and O–H groups in total. The number of carbonyl (C=O) groups is 5. The third kappa shape index (κ3) is 14.1. The van der Waals surface area contributed by atoms with E-state index in [0.29, 0.717) is 48.4 Å². The standard InChI is InChI=1S/C41H63N7O8/c1-4-5-6-7-8-9-12-21-44-22-18-36(50)46-32(13-10-11-19-42)40(53)48(3)37-29-15-17-35(56-23-20-43)31(26-29)30-24-28(14-16-34(30)49)25-33(41(54)55)47-38(51)27(2)45-39(37)52/h14-17,24,26-27,32-33,37,44,49H,4-13,18-23,25,42-43H2,1-3H3,(H,45,52)(H,46,50)(H,47,51)(H,54,55). The number of aromatic hydroxyl groups is 1. The number of phenolic OH excluding ortho intramolecular Hbond substituents is 1. The molecule has 1 aliphatic heterocycles. The zero-order valence-corrected chi connectivity index (χ0v) is 33.2. The Kier molecular flexibility index (Phi) is 19.6. The van der Waals surface area contributed by atoms with Gasteiger partial charge in [-0.15, -0.1) is 0 Å². The van der Waals surface area contributed by atoms with E-state index < -0.39 is 47.9 Å². The van der Waals surface area contributed by atoms with Crippen LogP contribution in [0.1, 0.15) is 102 Å². The molecule has 4 bridgehead atoms. The van der Waals surface area contributed by atoms with Crippen LogP contribution in [0.25, 0.3) is 11.1 Å². The van der Waals surface area contributed by atoms with Gasteiger partial charge in [-0.25, -0.2) is 4.79 Å². The number of aliphatic carboxylic acids is 1. The molecule has 0 aliphatic carbocycles. The van der Waals surface area contributed by atoms with Gasteiger partial charge in [-0.3, -0.25) is 19.2 Å². The van der Waals surface area contributed by atoms with Crippen LogP contribution >= 0.6 is 0 Å². The fourth-order valence-corrected chi connectivity index (χ4v) is 6.71. The Morgan fingerprint density at radius 3 is 2.34 bits per heavy atom. The number of carboxylic acid groups (broad SMARTS) is 1. The molecular formula is C41H63N7O8. The first-order valence-corrected chi connectivity index (χ1v) is 20.0. The van der Waals surface area contributed by atoms with Gasteiger partial charge >= 0.3 is 5.97 Å². The summed E-state index contributed by atoms with van der Waals surface area (Å²) in [5.41, 5.74) is 13.0. The molecule has 0 radical (unpaired) electrons. The van der Waals surface area contributed by atoms with Crippen LogP contribution < -0.4 is 37.5 Å². The fourth-order valence-electron chi connectivity index (χ4n) is 6.71. The minimum Gasteiger partial charge on any atom is -0.507 e. The van der Waals surface area contributed by atoms with E-state index in [1.165, 1.54) is 57.0 Å². The van der Waals surface area contributed by atoms with E-state index in [1.807, 2.05) is 0 Å². The quantitative estimate of drug-likeness (QED) is 0.0809. The largest absolute Gasteiger partial charge is 0.507 e. The van der Waals surface area contributed by atoms with Crippen molar-refractivity contribution in [1.82, 2.24) is 26.2 Å². The van der Waals surface area contributed by atoms with Crippen LogP contribution in [0, 0.1) is 0 Å². The number of fused-ring (bicyclic) bond motifs is 5. The van der Waals surface area contributed by atoms with E-state index >= 15 is 0 Å². The Bertz CT molecular complexity index is 1610. The lowest BCUT2D eigenvalue weighted by atomic mass is 9.93. The first kappa shape index (κ1) is 45.7. The van der Waals surface area contributed by atoms with Crippen LogP contribution in [0.5, 0.6) is 11.5 Å². The molecule has 3 rings (SSSR count). The number of carboxylic acids is 1. The number of nitrogens with zero attached hydrogens (tertiary/aromatic N) is 1. The topological polar surface area (TPSA) is 238 Å². The molecular weight excluding hydrogens is 718 g/mol. The molecule has 4 amide bonds. The van der Waals surface area contributed by atoms with Crippen LogP contribution in [0.2, 0.25) is 0 Å². The van der Waals surface area contributed by atoms with Crippen molar-refractivity contribution in [3.8, 4) is 22.6 Å². The van der Waals surface area contributed by atoms with Crippen molar-refractivity contribution in [3.63, 3.8) is 0 Å². The number of amides is 4. The van der Waals surface area contributed by atoms with Crippen LogP contribution in [0.3, 0.4) is 0 Å². The van der Waals surface area contributed by atoms with E-state index in [9.17, 15) is 34.2 Å². The monoisotopic (exact) mass is 781 g/mol. The van der Waals surface area contributed by atoms with Gasteiger partial charge in [-0.2, -0.15) is 0 Å². The number of likely N-dealkylation sites (N-methyl/N-ethyl adjacent to an activating group) is 1. The lowest BCUT2D eigenvalue weighted by Crippen LogP contribution is -2.54. The van der Waals surface area contributed by atoms with Gasteiger partial charge in [0.05, 0.1) is 0 Å². The third-order valence-corrected chi connectivity index (χ3v) is 9.90. The van der Waals surface area contributed by atoms with Gasteiger partial charge in [0.1, 0.15) is 42.3 Å². The molecule has 0 saturated heterocycles. The summed E-state index contributed by atoms with van der Waals surface area (Å²) in [6, 6.07) is 4.55. The molecule has 0 fully saturated rings. The number of nitrogens with two attached hydrogens (primary N) is 2. The number of unbranched alkanes of at least 4 members (excludes halogenated alkanes) is 7. The highest BCUT2D eigenvalue weighted by atomic mass is 16.5. The van der Waals surface area contributed by atoms with E-state index in [0.717, 1.165) is 19.4 Å². The van der Waals surface area contributed by atoms with E-state index in [4.69, 9.17) is 16.2 Å². The van der Waals surface area contributed by atoms with Crippen molar-refractivity contribution in [3.05, 3.63) is 47.5 Å². The van der Waals surface area contributed by atoms with Gasteiger partial charge in [0.2, 0.25) is 23.6 Å². The number of hydrogen-bond donors (Lipinski definition) is 8. The minimum atomic E-state index is -1.35. The number of hydrogen-bond acceptors (Lipinski definition) is 10. The second kappa shape index (κ2) is 24.0. The van der Waals surface area contributed by atoms with Crippen molar-refractivity contribution >= 4 is 29.6 Å². The molecule has 2 aromatic carbocycles. The van der Waals surface area contributed by atoms with Gasteiger partial charge in [-0.05, 0) is 81.1 Å². The molecule has 1 aliphatic rings. The highest BCUT2D eigenvalue weighted by molar-refractivity contribution is 5.96. The van der Waals surface area contributed by atoms with Crippen molar-refractivity contribution in [2.75, 3.05) is 39.8 Å². The Labute approximate surface area is 330 Å². The number of rotatable bonds is 22. The average Bonchev–Trinajstić information content (AvgIpc) is 3.17. The first-order valence-electron chi connectivity index (χ1n) is 20.0. The van der Waals surface area contributed by atoms with Crippen molar-refractivity contribution in [1.29, 1.82) is 0 Å². The Balaban J connectivity index is 1.94. The summed E-state index contributed by atoms with van der Waals surface area (Å²) in [6.45, 7) is 5.60. The van der Waals surface area contributed by atoms with Gasteiger partial charge in [0.15, 0.2) is 0 Å². The summed E-state index contributed by atoms with van der Waals surface area (Å²) in [7, 11) is 1.45. The predicted octanol–water partition coefficient (Wildman–Crippen LogP) is 2.87. The van der Waals surface area contributed by atoms with E-state index in [2.05, 4.69) is 28.2 Å². The number of ether oxygens (including phenoxy) is 1. The summed E-state index contributed by atoms with van der Waals surface area (Å²) in [5.74, 6) is -3.43. The Morgan fingerprint density at radius 1 is 0.911 bits per heavy atom. The maximum absolute atomic E-state index is 14.4. The van der Waals surface area contributed by atoms with E-state index in [-0.39, 0.29) is 49.6 Å². The number of benzene rings is 2. The predicted molar refractivity (Wildman–Crippen MR) is 215 cm³/mol. The van der Waals surface area contributed by atoms with Crippen molar-refractivity contribution in [2.45, 2.75) is 115 Å². The molecule has 310 valence electrons. The van der Waals surface area contributed by atoms with Crippen molar-refractivity contribution < 1.29 is 38.9 Å². The summed E-state index contributed by atoms with van der Waals surface area (Å²) < 4.78 is 5.93. The fraction of sp³-hybridized carbons (Fsp3) is 0.585. The normalized spacial score (nSPS) is 17.6. The summed E-state index contributed by atoms with van der Waals surface area (Å²) in [4.78, 5) is 68.4. The zero-order valence-electron chi connectivity index (χ0n) is 33.2. The maximum Gasteiger partial charge on any atom is 0.326 e. The molecule has 15 heteroatoms. The minimum absolute atomic E-state index is 0.111. The van der Waals surface area contributed by atoms with Crippen LogP contribution in [0.15, 0.2) is 36.4 Å². The zero-order chi connectivity index (χ0) is 41.0. The molecule has 0 spiro atoms. The van der Waals surface area contributed by atoms with Crippen LogP contribution in [-0.4, -0.2) is 103 Å². The number of nitrogens with one attached hydrogen (secondary N) is 4. The van der Waals surface area contributed by atoms with Gasteiger partial charge in [0, 0.05) is 44.1 Å². The lowest BCUT2D eigenvalue weighted by molar-refractivity contribution is -0.144. The molecule has 4 atom stereocenters. The summed E-state index contributed by atoms with van der Waals surface area (Å²) >= 11 is 0. The van der Waals surface area contributed by atoms with Gasteiger partial charge < -0.3 is 52.6 Å². The smallest absolute Gasteiger partial charge is 0.326 e. The summed E-state index contributed by atoms with van der Waals surface area (Å²) in [6.07, 6.45) is 9.82. The van der Waals surface area contributed by atoms with Gasteiger partial charge in [-0.1, -0.05) is 57.6 Å². The van der Waals surface area contributed by atoms with Crippen LogP contribution in [-0.2, 0) is 30.4 Å². The maximum atomic E-state index is 14.4. The highest BCUT2D eigenvalue weighted by Crippen LogP contribution is 2.39. The second-order valence-corrected chi connectivity index (χ2v) is 14.5. The Morgan fingerprint density at radius 2 is 1.64 bits per heavy atom. The molecule has 0 saturated carbocycles. The third-order valence-electron chi connectivity index (χ3n) is 9.90. The lowest BCUT2D eigenvalue weighted by Gasteiger charge is -2.32. The number of phenols is 1. The van der Waals surface area contributed by atoms with Crippen LogP contribution in [0.4, 0.5) is 0 Å². The number of carbonyl (C=O) groups excluding carboxylic acids is 4. The van der Waals surface area contributed by atoms with E-state index in [1.54, 1.807) is 30.3 Å². The summed E-state index contributed by atoms with van der Waals surface area (Å²) in [5, 5.41) is 32.3. The van der Waals surface area contributed by atoms with Crippen molar-refractivity contribution in [2.24, 2.45) is 11.5 Å². The Hall–Kier alpha value is -4.73. The second-order valence-electron chi connectivity index (χ2n) is 14.5. The SMILES string of the molecule is CCCCCCCCCNCCC(=O)NC(CCCCN)C(=O)N(C)C1C(=O)NC(C)C(=O)NC(C(=O)O)Cc2ccc(O)c(c2)-c2cc1ccc2OCCN.